The maximum absolute atomic E-state index is 12.7. The third-order valence-corrected chi connectivity index (χ3v) is 7.50. The standard InChI is InChI=1S/C28H28BrCl2N3O3/c1-36-26-9-5-20(15-27(26)37-18-21-4-8-24(30)25(31)14-21)16-32-33-28(35)22-10-12-34(13-11-22)17-19-2-6-23(29)7-3-19/h2-9,14-16,22H,10-13,17-18H2,1H3,(H,33,35). The number of ether oxygens (including phenoxy) is 2. The van der Waals surface area contributed by atoms with Gasteiger partial charge in [-0.05, 0) is 85.1 Å². The Bertz CT molecular complexity index is 1250. The van der Waals surface area contributed by atoms with E-state index in [-0.39, 0.29) is 11.8 Å². The Labute approximate surface area is 235 Å². The van der Waals surface area contributed by atoms with Gasteiger partial charge in [0.25, 0.3) is 0 Å². The Kier molecular flexibility index (Phi) is 9.86. The highest BCUT2D eigenvalue weighted by Crippen LogP contribution is 2.29. The summed E-state index contributed by atoms with van der Waals surface area (Å²) in [7, 11) is 1.58. The van der Waals surface area contributed by atoms with Gasteiger partial charge in [0.1, 0.15) is 6.61 Å². The molecule has 9 heteroatoms. The number of carbonyl (C=O) groups is 1. The van der Waals surface area contributed by atoms with Gasteiger partial charge >= 0.3 is 0 Å². The lowest BCUT2D eigenvalue weighted by atomic mass is 9.96. The lowest BCUT2D eigenvalue weighted by Gasteiger charge is -2.30. The predicted octanol–water partition coefficient (Wildman–Crippen LogP) is 6.71. The Morgan fingerprint density at radius 3 is 2.46 bits per heavy atom. The van der Waals surface area contributed by atoms with E-state index in [2.05, 4.69) is 55.6 Å². The molecule has 0 saturated carbocycles. The first-order valence-corrected chi connectivity index (χ1v) is 13.5. The zero-order valence-electron chi connectivity index (χ0n) is 20.4. The summed E-state index contributed by atoms with van der Waals surface area (Å²) >= 11 is 15.6. The summed E-state index contributed by atoms with van der Waals surface area (Å²) in [6.45, 7) is 2.96. The number of halogens is 3. The molecule has 0 radical (unpaired) electrons. The largest absolute Gasteiger partial charge is 0.493 e. The summed E-state index contributed by atoms with van der Waals surface area (Å²) in [6, 6.07) is 19.2. The van der Waals surface area contributed by atoms with E-state index in [0.717, 1.165) is 48.1 Å². The molecule has 6 nitrogen and oxygen atoms in total. The summed E-state index contributed by atoms with van der Waals surface area (Å²) in [4.78, 5) is 15.0. The molecule has 0 aliphatic carbocycles. The third kappa shape index (κ3) is 7.95. The van der Waals surface area contributed by atoms with Gasteiger partial charge in [0.2, 0.25) is 5.91 Å². The number of hydrogen-bond donors (Lipinski definition) is 1. The molecule has 1 aliphatic rings. The highest BCUT2D eigenvalue weighted by Gasteiger charge is 2.24. The zero-order valence-corrected chi connectivity index (χ0v) is 23.5. The molecule has 1 amide bonds. The van der Waals surface area contributed by atoms with E-state index in [1.165, 1.54) is 5.56 Å². The molecule has 37 heavy (non-hydrogen) atoms. The van der Waals surface area contributed by atoms with Gasteiger partial charge in [-0.2, -0.15) is 5.10 Å². The normalized spacial score (nSPS) is 14.6. The van der Waals surface area contributed by atoms with Crippen LogP contribution in [-0.4, -0.2) is 37.2 Å². The van der Waals surface area contributed by atoms with Crippen LogP contribution in [0.5, 0.6) is 11.5 Å². The van der Waals surface area contributed by atoms with Crippen LogP contribution in [0.2, 0.25) is 10.0 Å². The maximum Gasteiger partial charge on any atom is 0.243 e. The first-order valence-electron chi connectivity index (χ1n) is 12.0. The molecule has 1 aliphatic heterocycles. The van der Waals surface area contributed by atoms with Crippen molar-refractivity contribution in [3.05, 3.63) is 91.9 Å². The van der Waals surface area contributed by atoms with E-state index < -0.39 is 0 Å². The van der Waals surface area contributed by atoms with Gasteiger partial charge in [-0.15, -0.1) is 0 Å². The number of benzene rings is 3. The molecule has 1 saturated heterocycles. The SMILES string of the molecule is COc1ccc(C=NNC(=O)C2CCN(Cc3ccc(Br)cc3)CC2)cc1OCc1ccc(Cl)c(Cl)c1. The number of piperidine rings is 1. The highest BCUT2D eigenvalue weighted by atomic mass is 79.9. The van der Waals surface area contributed by atoms with Crippen LogP contribution in [-0.2, 0) is 17.9 Å². The van der Waals surface area contributed by atoms with Crippen molar-refractivity contribution in [2.75, 3.05) is 20.2 Å². The summed E-state index contributed by atoms with van der Waals surface area (Å²) in [5.74, 6) is 1.06. The fraction of sp³-hybridized carbons (Fsp3) is 0.286. The number of hydrogen-bond acceptors (Lipinski definition) is 5. The fourth-order valence-corrected chi connectivity index (χ4v) is 4.72. The van der Waals surface area contributed by atoms with Crippen molar-refractivity contribution < 1.29 is 14.3 Å². The zero-order chi connectivity index (χ0) is 26.2. The smallest absolute Gasteiger partial charge is 0.243 e. The van der Waals surface area contributed by atoms with Gasteiger partial charge in [-0.25, -0.2) is 5.43 Å². The fourth-order valence-electron chi connectivity index (χ4n) is 4.14. The summed E-state index contributed by atoms with van der Waals surface area (Å²) < 4.78 is 12.4. The maximum atomic E-state index is 12.7. The number of hydrazone groups is 1. The quantitative estimate of drug-likeness (QED) is 0.218. The Balaban J connectivity index is 1.27. The molecule has 1 fully saturated rings. The highest BCUT2D eigenvalue weighted by molar-refractivity contribution is 9.10. The third-order valence-electron chi connectivity index (χ3n) is 6.23. The van der Waals surface area contributed by atoms with Crippen LogP contribution >= 0.6 is 39.1 Å². The molecule has 3 aromatic carbocycles. The van der Waals surface area contributed by atoms with Crippen LogP contribution in [0.25, 0.3) is 0 Å². The first-order chi connectivity index (χ1) is 17.9. The second-order valence-corrected chi connectivity index (χ2v) is 10.6. The van der Waals surface area contributed by atoms with Gasteiger partial charge in [0, 0.05) is 16.9 Å². The van der Waals surface area contributed by atoms with E-state index in [1.807, 2.05) is 18.2 Å². The second-order valence-electron chi connectivity index (χ2n) is 8.86. The molecular weight excluding hydrogens is 577 g/mol. The number of nitrogens with one attached hydrogen (secondary N) is 1. The molecule has 0 aromatic heterocycles. The van der Waals surface area contributed by atoms with E-state index in [4.69, 9.17) is 32.7 Å². The van der Waals surface area contributed by atoms with E-state index >= 15 is 0 Å². The molecule has 1 heterocycles. The van der Waals surface area contributed by atoms with Gasteiger partial charge in [-0.1, -0.05) is 57.3 Å². The molecule has 0 spiro atoms. The molecule has 3 aromatic rings. The van der Waals surface area contributed by atoms with Gasteiger partial charge in [0.15, 0.2) is 11.5 Å². The number of likely N-dealkylation sites (tertiary alicyclic amines) is 1. The van der Waals surface area contributed by atoms with E-state index in [1.54, 1.807) is 31.5 Å². The number of carbonyl (C=O) groups excluding carboxylic acids is 1. The average Bonchev–Trinajstić information content (AvgIpc) is 2.91. The van der Waals surface area contributed by atoms with E-state index in [0.29, 0.717) is 28.2 Å². The lowest BCUT2D eigenvalue weighted by Crippen LogP contribution is -2.39. The summed E-state index contributed by atoms with van der Waals surface area (Å²) in [6.07, 6.45) is 3.23. The monoisotopic (exact) mass is 603 g/mol. The van der Waals surface area contributed by atoms with Crippen molar-refractivity contribution in [2.24, 2.45) is 11.0 Å². The molecule has 0 atom stereocenters. The average molecular weight is 605 g/mol. The van der Waals surface area contributed by atoms with Gasteiger partial charge < -0.3 is 9.47 Å². The van der Waals surface area contributed by atoms with Gasteiger partial charge in [0.05, 0.1) is 23.4 Å². The Morgan fingerprint density at radius 1 is 1.03 bits per heavy atom. The Morgan fingerprint density at radius 2 is 1.76 bits per heavy atom. The van der Waals surface area contributed by atoms with Crippen molar-refractivity contribution in [2.45, 2.75) is 26.0 Å². The minimum absolute atomic E-state index is 0.0423. The number of rotatable bonds is 9. The van der Waals surface area contributed by atoms with Crippen molar-refractivity contribution in [1.29, 1.82) is 0 Å². The van der Waals surface area contributed by atoms with E-state index in [9.17, 15) is 4.79 Å². The Hall–Kier alpha value is -2.58. The summed E-state index contributed by atoms with van der Waals surface area (Å²) in [5.41, 5.74) is 5.62. The van der Waals surface area contributed by atoms with Crippen LogP contribution in [0, 0.1) is 5.92 Å². The first kappa shape index (κ1) is 27.5. The molecule has 4 rings (SSSR count). The number of amides is 1. The van der Waals surface area contributed by atoms with Crippen LogP contribution in [0.4, 0.5) is 0 Å². The van der Waals surface area contributed by atoms with Crippen LogP contribution < -0.4 is 14.9 Å². The lowest BCUT2D eigenvalue weighted by molar-refractivity contribution is -0.126. The molecule has 1 N–H and O–H groups in total. The molecule has 194 valence electrons. The number of methoxy groups -OCH3 is 1. The molecular formula is C28H28BrCl2N3O3. The predicted molar refractivity (Wildman–Crippen MR) is 152 cm³/mol. The second kappa shape index (κ2) is 13.3. The van der Waals surface area contributed by atoms with Crippen LogP contribution in [0.3, 0.4) is 0 Å². The topological polar surface area (TPSA) is 63.2 Å². The molecule has 0 bridgehead atoms. The van der Waals surface area contributed by atoms with Crippen LogP contribution in [0.15, 0.2) is 70.2 Å². The number of nitrogens with zero attached hydrogens (tertiary/aromatic N) is 2. The van der Waals surface area contributed by atoms with Gasteiger partial charge in [-0.3, -0.25) is 9.69 Å². The molecule has 0 unspecified atom stereocenters. The minimum atomic E-state index is -0.0517. The minimum Gasteiger partial charge on any atom is -0.493 e. The van der Waals surface area contributed by atoms with Crippen LogP contribution in [0.1, 0.15) is 29.5 Å². The van der Waals surface area contributed by atoms with Crippen molar-refractivity contribution >= 4 is 51.3 Å². The van der Waals surface area contributed by atoms with Crippen molar-refractivity contribution in [3.8, 4) is 11.5 Å². The van der Waals surface area contributed by atoms with Crippen molar-refractivity contribution in [3.63, 3.8) is 0 Å². The van der Waals surface area contributed by atoms with Crippen molar-refractivity contribution in [1.82, 2.24) is 10.3 Å². The summed E-state index contributed by atoms with van der Waals surface area (Å²) in [5, 5.41) is 5.15.